The van der Waals surface area contributed by atoms with E-state index in [0.29, 0.717) is 11.3 Å². The number of benzene rings is 1. The van der Waals surface area contributed by atoms with Gasteiger partial charge in [-0.2, -0.15) is 5.26 Å². The monoisotopic (exact) mass is 281 g/mol. The van der Waals surface area contributed by atoms with Crippen LogP contribution in [0.15, 0.2) is 22.7 Å². The van der Waals surface area contributed by atoms with Gasteiger partial charge in [-0.15, -0.1) is 0 Å². The van der Waals surface area contributed by atoms with Crippen LogP contribution in [0.3, 0.4) is 0 Å². The minimum atomic E-state index is 0.162. The van der Waals surface area contributed by atoms with Crippen molar-refractivity contribution in [2.45, 2.75) is 18.9 Å². The molecule has 0 aliphatic carbocycles. The van der Waals surface area contributed by atoms with Crippen LogP contribution in [-0.2, 0) is 4.74 Å². The third-order valence-electron chi connectivity index (χ3n) is 2.53. The number of nitriles is 1. The summed E-state index contributed by atoms with van der Waals surface area (Å²) in [5, 5.41) is 8.97. The lowest BCUT2D eigenvalue weighted by Crippen LogP contribution is -2.26. The van der Waals surface area contributed by atoms with Crippen LogP contribution in [0.1, 0.15) is 18.4 Å². The lowest BCUT2D eigenvalue weighted by atomic mass is 10.1. The Bertz CT molecular complexity index is 408. The minimum Gasteiger partial charge on any atom is -0.489 e. The molecule has 0 aromatic heterocycles. The zero-order chi connectivity index (χ0) is 11.4. The lowest BCUT2D eigenvalue weighted by Gasteiger charge is -2.23. The first-order valence-electron chi connectivity index (χ1n) is 5.23. The summed E-state index contributed by atoms with van der Waals surface area (Å²) in [5.41, 5.74) is 0.578. The third kappa shape index (κ3) is 2.75. The Balaban J connectivity index is 2.13. The summed E-state index contributed by atoms with van der Waals surface area (Å²) < 4.78 is 12.0. The molecule has 0 radical (unpaired) electrons. The number of hydrogen-bond donors (Lipinski definition) is 0. The molecule has 3 nitrogen and oxygen atoms in total. The van der Waals surface area contributed by atoms with Crippen molar-refractivity contribution in [3.8, 4) is 11.8 Å². The van der Waals surface area contributed by atoms with Crippen LogP contribution in [0.5, 0.6) is 5.75 Å². The average molecular weight is 282 g/mol. The molecule has 0 atom stereocenters. The maximum Gasteiger partial charge on any atom is 0.138 e. The van der Waals surface area contributed by atoms with Gasteiger partial charge in [0.2, 0.25) is 0 Å². The SMILES string of the molecule is N#Cc1ccc(Br)cc1OC1CCOCC1. The molecule has 0 unspecified atom stereocenters. The first-order chi connectivity index (χ1) is 7.79. The largest absolute Gasteiger partial charge is 0.489 e. The summed E-state index contributed by atoms with van der Waals surface area (Å²) >= 11 is 3.38. The highest BCUT2D eigenvalue weighted by atomic mass is 79.9. The molecule has 1 heterocycles. The zero-order valence-corrected chi connectivity index (χ0v) is 10.4. The van der Waals surface area contributed by atoms with Crippen molar-refractivity contribution < 1.29 is 9.47 Å². The molecule has 16 heavy (non-hydrogen) atoms. The van der Waals surface area contributed by atoms with E-state index in [9.17, 15) is 0 Å². The summed E-state index contributed by atoms with van der Waals surface area (Å²) in [4.78, 5) is 0. The summed E-state index contributed by atoms with van der Waals surface area (Å²) in [7, 11) is 0. The Hall–Kier alpha value is -1.05. The van der Waals surface area contributed by atoms with Crippen LogP contribution in [0.25, 0.3) is 0 Å². The fourth-order valence-electron chi connectivity index (χ4n) is 1.66. The molecule has 1 aliphatic heterocycles. The predicted molar refractivity (Wildman–Crippen MR) is 63.3 cm³/mol. The van der Waals surface area contributed by atoms with Crippen LogP contribution in [0, 0.1) is 11.3 Å². The first-order valence-corrected chi connectivity index (χ1v) is 6.03. The van der Waals surface area contributed by atoms with Crippen LogP contribution in [0.2, 0.25) is 0 Å². The van der Waals surface area contributed by atoms with Gasteiger partial charge in [0, 0.05) is 17.3 Å². The van der Waals surface area contributed by atoms with Gasteiger partial charge in [-0.05, 0) is 18.2 Å². The van der Waals surface area contributed by atoms with E-state index in [-0.39, 0.29) is 6.10 Å². The van der Waals surface area contributed by atoms with E-state index in [1.807, 2.05) is 12.1 Å². The maximum absolute atomic E-state index is 8.97. The van der Waals surface area contributed by atoms with Gasteiger partial charge in [0.25, 0.3) is 0 Å². The van der Waals surface area contributed by atoms with E-state index < -0.39 is 0 Å². The fraction of sp³-hybridized carbons (Fsp3) is 0.417. The normalized spacial score (nSPS) is 16.8. The Morgan fingerprint density at radius 1 is 1.38 bits per heavy atom. The quantitative estimate of drug-likeness (QED) is 0.837. The van der Waals surface area contributed by atoms with Crippen molar-refractivity contribution in [1.82, 2.24) is 0 Å². The molecule has 1 aliphatic rings. The molecule has 1 aromatic rings. The average Bonchev–Trinajstić information content (AvgIpc) is 2.31. The van der Waals surface area contributed by atoms with Gasteiger partial charge in [0.15, 0.2) is 0 Å². The Kier molecular flexibility index (Phi) is 3.81. The molecular formula is C12H12BrNO2. The third-order valence-corrected chi connectivity index (χ3v) is 3.02. The van der Waals surface area contributed by atoms with Crippen molar-refractivity contribution in [3.05, 3.63) is 28.2 Å². The Labute approximate surface area is 103 Å². The standard InChI is InChI=1S/C12H12BrNO2/c13-10-2-1-9(8-14)12(7-10)16-11-3-5-15-6-4-11/h1-2,7,11H,3-6H2. The van der Waals surface area contributed by atoms with Gasteiger partial charge in [-0.3, -0.25) is 0 Å². The van der Waals surface area contributed by atoms with Crippen LogP contribution in [0.4, 0.5) is 0 Å². The van der Waals surface area contributed by atoms with Gasteiger partial charge in [-0.1, -0.05) is 15.9 Å². The molecule has 1 aromatic carbocycles. The molecular weight excluding hydrogens is 270 g/mol. The van der Waals surface area contributed by atoms with E-state index in [0.717, 1.165) is 30.5 Å². The molecule has 84 valence electrons. The highest BCUT2D eigenvalue weighted by molar-refractivity contribution is 9.10. The molecule has 2 rings (SSSR count). The zero-order valence-electron chi connectivity index (χ0n) is 8.78. The van der Waals surface area contributed by atoms with Crippen molar-refractivity contribution in [3.63, 3.8) is 0 Å². The topological polar surface area (TPSA) is 42.2 Å². The summed E-state index contributed by atoms with van der Waals surface area (Å²) in [5.74, 6) is 0.656. The Morgan fingerprint density at radius 3 is 2.81 bits per heavy atom. The molecule has 4 heteroatoms. The molecule has 1 fully saturated rings. The number of ether oxygens (including phenoxy) is 2. The molecule has 0 saturated carbocycles. The second-order valence-corrected chi connectivity index (χ2v) is 4.60. The molecule has 0 amide bonds. The van der Waals surface area contributed by atoms with Crippen molar-refractivity contribution in [2.24, 2.45) is 0 Å². The Morgan fingerprint density at radius 2 is 2.12 bits per heavy atom. The van der Waals surface area contributed by atoms with E-state index >= 15 is 0 Å². The molecule has 0 spiro atoms. The van der Waals surface area contributed by atoms with E-state index in [1.54, 1.807) is 6.07 Å². The van der Waals surface area contributed by atoms with E-state index in [2.05, 4.69) is 22.0 Å². The summed E-state index contributed by atoms with van der Waals surface area (Å²) in [6.45, 7) is 1.47. The van der Waals surface area contributed by atoms with Crippen molar-refractivity contribution in [2.75, 3.05) is 13.2 Å². The first kappa shape index (κ1) is 11.4. The lowest BCUT2D eigenvalue weighted by molar-refractivity contribution is 0.0254. The summed E-state index contributed by atoms with van der Waals surface area (Å²) in [6.07, 6.45) is 1.93. The van der Waals surface area contributed by atoms with Gasteiger partial charge >= 0.3 is 0 Å². The minimum absolute atomic E-state index is 0.162. The second-order valence-electron chi connectivity index (χ2n) is 3.68. The fourth-order valence-corrected chi connectivity index (χ4v) is 2.00. The van der Waals surface area contributed by atoms with Gasteiger partial charge < -0.3 is 9.47 Å². The van der Waals surface area contributed by atoms with Crippen LogP contribution < -0.4 is 4.74 Å². The number of halogens is 1. The number of nitrogens with zero attached hydrogens (tertiary/aromatic N) is 1. The van der Waals surface area contributed by atoms with Gasteiger partial charge in [0.05, 0.1) is 18.8 Å². The number of hydrogen-bond acceptors (Lipinski definition) is 3. The number of rotatable bonds is 2. The van der Waals surface area contributed by atoms with Gasteiger partial charge in [0.1, 0.15) is 17.9 Å². The smallest absolute Gasteiger partial charge is 0.138 e. The van der Waals surface area contributed by atoms with Gasteiger partial charge in [-0.25, -0.2) is 0 Å². The molecule has 0 bridgehead atoms. The van der Waals surface area contributed by atoms with Crippen molar-refractivity contribution in [1.29, 1.82) is 5.26 Å². The molecule has 0 N–H and O–H groups in total. The van der Waals surface area contributed by atoms with Crippen molar-refractivity contribution >= 4 is 15.9 Å². The van der Waals surface area contributed by atoms with Crippen LogP contribution in [-0.4, -0.2) is 19.3 Å². The summed E-state index contributed by atoms with van der Waals surface area (Å²) in [6, 6.07) is 7.58. The highest BCUT2D eigenvalue weighted by Crippen LogP contribution is 2.26. The maximum atomic E-state index is 8.97. The highest BCUT2D eigenvalue weighted by Gasteiger charge is 2.16. The second kappa shape index (κ2) is 5.33. The van der Waals surface area contributed by atoms with E-state index in [4.69, 9.17) is 14.7 Å². The van der Waals surface area contributed by atoms with E-state index in [1.165, 1.54) is 0 Å². The molecule has 1 saturated heterocycles. The predicted octanol–water partition coefficient (Wildman–Crippen LogP) is 2.88. The van der Waals surface area contributed by atoms with Crippen LogP contribution >= 0.6 is 15.9 Å².